The summed E-state index contributed by atoms with van der Waals surface area (Å²) in [6, 6.07) is 2.05. The van der Waals surface area contributed by atoms with Crippen LogP contribution in [0.25, 0.3) is 0 Å². The van der Waals surface area contributed by atoms with Crippen molar-refractivity contribution in [2.75, 3.05) is 18.0 Å². The van der Waals surface area contributed by atoms with Crippen molar-refractivity contribution < 1.29 is 14.1 Å². The molecule has 0 atom stereocenters. The van der Waals surface area contributed by atoms with Gasteiger partial charge in [-0.2, -0.15) is 0 Å². The van der Waals surface area contributed by atoms with Crippen LogP contribution >= 0.6 is 11.6 Å². The first kappa shape index (κ1) is 12.8. The Balaban J connectivity index is 2.39. The van der Waals surface area contributed by atoms with Gasteiger partial charge in [0.15, 0.2) is 0 Å². The molecule has 0 unspecified atom stereocenters. The highest BCUT2D eigenvalue weighted by molar-refractivity contribution is 6.31. The predicted molar refractivity (Wildman–Crippen MR) is 64.5 cm³/mol. The maximum Gasteiger partial charge on any atom is 0.295 e. The maximum absolute atomic E-state index is 13.2. The molecule has 1 fully saturated rings. The van der Waals surface area contributed by atoms with Gasteiger partial charge >= 0.3 is 0 Å². The van der Waals surface area contributed by atoms with Crippen molar-refractivity contribution >= 4 is 28.8 Å². The number of carbonyl (C=O) groups is 1. The summed E-state index contributed by atoms with van der Waals surface area (Å²) >= 11 is 5.65. The van der Waals surface area contributed by atoms with Crippen LogP contribution < -0.4 is 4.90 Å². The highest BCUT2D eigenvalue weighted by Gasteiger charge is 2.25. The highest BCUT2D eigenvalue weighted by atomic mass is 35.5. The molecule has 2 rings (SSSR count). The molecular formula is C11H10ClFN2O3. The third-order valence-electron chi connectivity index (χ3n) is 2.88. The summed E-state index contributed by atoms with van der Waals surface area (Å²) in [5, 5.41) is 10.7. The normalized spacial score (nSPS) is 15.9. The van der Waals surface area contributed by atoms with E-state index in [9.17, 15) is 19.3 Å². The molecule has 0 saturated carbocycles. The van der Waals surface area contributed by atoms with Crippen LogP contribution in [0.1, 0.15) is 12.8 Å². The number of piperidine rings is 1. The van der Waals surface area contributed by atoms with E-state index in [-0.39, 0.29) is 22.2 Å². The number of nitrogens with zero attached hydrogens (tertiary/aromatic N) is 2. The lowest BCUT2D eigenvalue weighted by Crippen LogP contribution is -2.34. The number of benzene rings is 1. The van der Waals surface area contributed by atoms with Gasteiger partial charge in [0.2, 0.25) is 0 Å². The molecule has 0 bridgehead atoms. The number of nitro groups is 1. The van der Waals surface area contributed by atoms with Crippen molar-refractivity contribution in [3.05, 3.63) is 33.1 Å². The Morgan fingerprint density at radius 2 is 1.94 bits per heavy atom. The van der Waals surface area contributed by atoms with Gasteiger partial charge in [0.25, 0.3) is 5.69 Å². The molecule has 0 N–H and O–H groups in total. The average molecular weight is 273 g/mol. The second-order valence-corrected chi connectivity index (χ2v) is 4.45. The molecule has 96 valence electrons. The first-order chi connectivity index (χ1) is 8.49. The van der Waals surface area contributed by atoms with Gasteiger partial charge in [0.05, 0.1) is 16.0 Å². The summed E-state index contributed by atoms with van der Waals surface area (Å²) in [4.78, 5) is 23.1. The molecule has 0 aromatic heterocycles. The van der Waals surface area contributed by atoms with Crippen molar-refractivity contribution in [3.8, 4) is 0 Å². The molecular weight excluding hydrogens is 263 g/mol. The van der Waals surface area contributed by atoms with E-state index in [4.69, 9.17) is 11.6 Å². The molecule has 18 heavy (non-hydrogen) atoms. The van der Waals surface area contributed by atoms with Crippen molar-refractivity contribution in [1.29, 1.82) is 0 Å². The Morgan fingerprint density at radius 3 is 2.50 bits per heavy atom. The molecule has 0 aliphatic carbocycles. The fourth-order valence-electron chi connectivity index (χ4n) is 1.92. The molecule has 1 aromatic carbocycles. The number of ketones is 1. The average Bonchev–Trinajstić information content (AvgIpc) is 2.33. The number of anilines is 1. The van der Waals surface area contributed by atoms with Gasteiger partial charge in [0, 0.05) is 25.9 Å². The van der Waals surface area contributed by atoms with Crippen molar-refractivity contribution in [1.82, 2.24) is 0 Å². The van der Waals surface area contributed by atoms with Crippen LogP contribution in [0.5, 0.6) is 0 Å². The molecule has 1 aliphatic rings. The molecule has 1 aromatic rings. The zero-order valence-corrected chi connectivity index (χ0v) is 10.1. The van der Waals surface area contributed by atoms with Gasteiger partial charge in [-0.15, -0.1) is 0 Å². The Bertz CT molecular complexity index is 511. The minimum Gasteiger partial charge on any atom is -0.365 e. The first-order valence-electron chi connectivity index (χ1n) is 5.39. The summed E-state index contributed by atoms with van der Waals surface area (Å²) in [7, 11) is 0. The number of halogens is 2. The van der Waals surface area contributed by atoms with E-state index >= 15 is 0 Å². The van der Waals surface area contributed by atoms with Crippen LogP contribution in [0.2, 0.25) is 5.02 Å². The van der Waals surface area contributed by atoms with Crippen LogP contribution in [0.15, 0.2) is 12.1 Å². The number of rotatable bonds is 2. The fraction of sp³-hybridized carbons (Fsp3) is 0.364. The predicted octanol–water partition coefficient (Wildman–Crippen LogP) is 2.56. The van der Waals surface area contributed by atoms with Crippen molar-refractivity contribution in [2.45, 2.75) is 12.8 Å². The molecule has 5 nitrogen and oxygen atoms in total. The Kier molecular flexibility index (Phi) is 3.47. The summed E-state index contributed by atoms with van der Waals surface area (Å²) in [5.74, 6) is -0.692. The number of nitro benzene ring substituents is 1. The summed E-state index contributed by atoms with van der Waals surface area (Å²) < 4.78 is 13.2. The van der Waals surface area contributed by atoms with Crippen LogP contribution in [-0.2, 0) is 4.79 Å². The van der Waals surface area contributed by atoms with E-state index in [1.807, 2.05) is 0 Å². The molecule has 0 amide bonds. The zero-order valence-electron chi connectivity index (χ0n) is 9.36. The van der Waals surface area contributed by atoms with Gasteiger partial charge in [-0.3, -0.25) is 14.9 Å². The third-order valence-corrected chi connectivity index (χ3v) is 3.17. The van der Waals surface area contributed by atoms with Crippen LogP contribution in [0.4, 0.5) is 15.8 Å². The van der Waals surface area contributed by atoms with Gasteiger partial charge in [-0.25, -0.2) is 4.39 Å². The summed E-state index contributed by atoms with van der Waals surface area (Å²) in [6.45, 7) is 0.781. The quantitative estimate of drug-likeness (QED) is 0.613. The Hall–Kier alpha value is -1.69. The van der Waals surface area contributed by atoms with E-state index in [1.165, 1.54) is 6.07 Å². The Labute approximate surface area is 107 Å². The van der Waals surface area contributed by atoms with E-state index < -0.39 is 10.7 Å². The number of hydrogen-bond donors (Lipinski definition) is 0. The molecule has 1 heterocycles. The van der Waals surface area contributed by atoms with Crippen molar-refractivity contribution in [3.63, 3.8) is 0 Å². The fourth-order valence-corrected chi connectivity index (χ4v) is 2.08. The Morgan fingerprint density at radius 1 is 1.33 bits per heavy atom. The second-order valence-electron chi connectivity index (χ2n) is 4.04. The topological polar surface area (TPSA) is 63.5 Å². The standard InChI is InChI=1S/C11H10ClFN2O3/c12-8-5-10(11(15(17)18)6-9(8)13)14-3-1-7(16)2-4-14/h5-6H,1-4H2. The SMILES string of the molecule is O=C1CCN(c2cc(Cl)c(F)cc2[N+](=O)[O-])CC1. The minimum atomic E-state index is -0.819. The van der Waals surface area contributed by atoms with Crippen molar-refractivity contribution in [2.24, 2.45) is 0 Å². The maximum atomic E-state index is 13.2. The molecule has 0 radical (unpaired) electrons. The van der Waals surface area contributed by atoms with Gasteiger partial charge < -0.3 is 4.90 Å². The third kappa shape index (κ3) is 2.43. The lowest BCUT2D eigenvalue weighted by molar-refractivity contribution is -0.384. The molecule has 7 heteroatoms. The number of hydrogen-bond acceptors (Lipinski definition) is 4. The smallest absolute Gasteiger partial charge is 0.295 e. The summed E-state index contributed by atoms with van der Waals surface area (Å²) in [6.07, 6.45) is 0.679. The molecule has 1 saturated heterocycles. The molecule has 0 spiro atoms. The van der Waals surface area contributed by atoms with Gasteiger partial charge in [-0.05, 0) is 6.07 Å². The first-order valence-corrected chi connectivity index (χ1v) is 5.77. The van der Waals surface area contributed by atoms with Crippen LogP contribution in [0.3, 0.4) is 0 Å². The van der Waals surface area contributed by atoms with Crippen LogP contribution in [-0.4, -0.2) is 23.8 Å². The number of Topliss-reactive ketones (excluding diaryl/α,β-unsaturated/α-hetero) is 1. The van der Waals surface area contributed by atoms with E-state index in [1.54, 1.807) is 4.90 Å². The molecule has 1 aliphatic heterocycles. The van der Waals surface area contributed by atoms with E-state index in [0.717, 1.165) is 6.07 Å². The largest absolute Gasteiger partial charge is 0.365 e. The lowest BCUT2D eigenvalue weighted by Gasteiger charge is -2.27. The van der Waals surface area contributed by atoms with Gasteiger partial charge in [-0.1, -0.05) is 11.6 Å². The highest BCUT2D eigenvalue weighted by Crippen LogP contribution is 2.34. The minimum absolute atomic E-state index is 0.127. The van der Waals surface area contributed by atoms with E-state index in [0.29, 0.717) is 25.9 Å². The lowest BCUT2D eigenvalue weighted by atomic mass is 10.1. The van der Waals surface area contributed by atoms with Gasteiger partial charge in [0.1, 0.15) is 17.3 Å². The number of carbonyl (C=O) groups excluding carboxylic acids is 1. The van der Waals surface area contributed by atoms with E-state index in [2.05, 4.69) is 0 Å². The summed E-state index contributed by atoms with van der Waals surface area (Å²) in [5.41, 5.74) is -0.0647. The monoisotopic (exact) mass is 272 g/mol. The second kappa shape index (κ2) is 4.89. The zero-order chi connectivity index (χ0) is 13.3. The van der Waals surface area contributed by atoms with Crippen LogP contribution in [0, 0.1) is 15.9 Å².